The number of halogens is 2. The van der Waals surface area contributed by atoms with Gasteiger partial charge in [-0.05, 0) is 28.6 Å². The Balaban J connectivity index is 1.72. The maximum atomic E-state index is 11.9. The molecular formula is C13H9Cl2N5O2. The van der Waals surface area contributed by atoms with Crippen LogP contribution in [0.2, 0.25) is 10.2 Å². The second-order valence-electron chi connectivity index (χ2n) is 4.26. The molecule has 2 heterocycles. The van der Waals surface area contributed by atoms with Crippen molar-refractivity contribution in [3.05, 3.63) is 58.1 Å². The number of carbonyl (C=O) groups excluding carboxylic acids is 1. The second kappa shape index (κ2) is 6.17. The SMILES string of the molecule is O=C(OCc1nnnn1-c1ccccc1)c1cc(Cl)c(Cl)[nH]1. The van der Waals surface area contributed by atoms with Crippen molar-refractivity contribution in [1.82, 2.24) is 25.2 Å². The minimum absolute atomic E-state index is 0.0883. The van der Waals surface area contributed by atoms with Crippen LogP contribution in [0.25, 0.3) is 5.69 Å². The zero-order chi connectivity index (χ0) is 15.5. The molecule has 0 bridgehead atoms. The molecule has 7 nitrogen and oxygen atoms in total. The minimum Gasteiger partial charge on any atom is -0.453 e. The Morgan fingerprint density at radius 3 is 2.73 bits per heavy atom. The van der Waals surface area contributed by atoms with E-state index >= 15 is 0 Å². The maximum absolute atomic E-state index is 11.9. The summed E-state index contributed by atoms with van der Waals surface area (Å²) < 4.78 is 6.64. The quantitative estimate of drug-likeness (QED) is 0.739. The van der Waals surface area contributed by atoms with Crippen LogP contribution < -0.4 is 0 Å². The summed E-state index contributed by atoms with van der Waals surface area (Å²) in [6.45, 7) is -0.0883. The molecule has 0 saturated heterocycles. The van der Waals surface area contributed by atoms with E-state index in [1.54, 1.807) is 0 Å². The van der Waals surface area contributed by atoms with Crippen molar-refractivity contribution in [1.29, 1.82) is 0 Å². The number of benzene rings is 1. The first-order valence-corrected chi connectivity index (χ1v) is 6.94. The van der Waals surface area contributed by atoms with E-state index in [2.05, 4.69) is 20.5 Å². The van der Waals surface area contributed by atoms with Crippen LogP contribution in [0.3, 0.4) is 0 Å². The number of hydrogen-bond acceptors (Lipinski definition) is 5. The number of H-pyrrole nitrogens is 1. The Morgan fingerprint density at radius 2 is 2.05 bits per heavy atom. The van der Waals surface area contributed by atoms with Crippen LogP contribution in [-0.2, 0) is 11.3 Å². The van der Waals surface area contributed by atoms with E-state index in [1.165, 1.54) is 10.7 Å². The van der Waals surface area contributed by atoms with Gasteiger partial charge in [0.05, 0.1) is 10.7 Å². The van der Waals surface area contributed by atoms with Gasteiger partial charge in [0.25, 0.3) is 0 Å². The smallest absolute Gasteiger partial charge is 0.355 e. The van der Waals surface area contributed by atoms with Gasteiger partial charge >= 0.3 is 5.97 Å². The fourth-order valence-corrected chi connectivity index (χ4v) is 2.10. The van der Waals surface area contributed by atoms with Crippen molar-refractivity contribution >= 4 is 29.2 Å². The number of aromatic nitrogens is 5. The van der Waals surface area contributed by atoms with Gasteiger partial charge in [-0.25, -0.2) is 4.79 Å². The van der Waals surface area contributed by atoms with Crippen LogP contribution in [0.1, 0.15) is 16.3 Å². The molecule has 3 aromatic rings. The first-order valence-electron chi connectivity index (χ1n) is 6.19. The van der Waals surface area contributed by atoms with Gasteiger partial charge in [-0.2, -0.15) is 4.68 Å². The second-order valence-corrected chi connectivity index (χ2v) is 5.05. The van der Waals surface area contributed by atoms with Gasteiger partial charge in [-0.1, -0.05) is 41.4 Å². The number of rotatable bonds is 4. The van der Waals surface area contributed by atoms with Crippen molar-refractivity contribution < 1.29 is 9.53 Å². The lowest BCUT2D eigenvalue weighted by molar-refractivity contribution is 0.0453. The lowest BCUT2D eigenvalue weighted by Crippen LogP contribution is -2.10. The summed E-state index contributed by atoms with van der Waals surface area (Å²) in [5.41, 5.74) is 0.929. The van der Waals surface area contributed by atoms with Crippen LogP contribution in [0, 0.1) is 0 Å². The molecule has 22 heavy (non-hydrogen) atoms. The molecule has 0 atom stereocenters. The molecule has 0 aliphatic heterocycles. The Labute approximate surface area is 134 Å². The van der Waals surface area contributed by atoms with E-state index in [0.29, 0.717) is 5.82 Å². The maximum Gasteiger partial charge on any atom is 0.355 e. The minimum atomic E-state index is -0.601. The number of ether oxygens (including phenoxy) is 1. The number of para-hydroxylation sites is 1. The van der Waals surface area contributed by atoms with Gasteiger partial charge in [0, 0.05) is 0 Å². The number of nitrogens with zero attached hydrogens (tertiary/aromatic N) is 4. The van der Waals surface area contributed by atoms with Crippen LogP contribution in [0.4, 0.5) is 0 Å². The largest absolute Gasteiger partial charge is 0.453 e. The fourth-order valence-electron chi connectivity index (χ4n) is 1.79. The van der Waals surface area contributed by atoms with Crippen molar-refractivity contribution in [2.24, 2.45) is 0 Å². The highest BCUT2D eigenvalue weighted by atomic mass is 35.5. The molecule has 0 amide bonds. The summed E-state index contributed by atoms with van der Waals surface area (Å²) in [6, 6.07) is 10.7. The summed E-state index contributed by atoms with van der Waals surface area (Å²) in [7, 11) is 0. The molecule has 0 aliphatic carbocycles. The molecule has 2 aromatic heterocycles. The Kier molecular flexibility index (Phi) is 4.08. The zero-order valence-electron chi connectivity index (χ0n) is 11.0. The number of carbonyl (C=O) groups is 1. The van der Waals surface area contributed by atoms with Crippen LogP contribution in [0.15, 0.2) is 36.4 Å². The average Bonchev–Trinajstić information content (AvgIpc) is 3.13. The van der Waals surface area contributed by atoms with E-state index < -0.39 is 5.97 Å². The predicted molar refractivity (Wildman–Crippen MR) is 79.1 cm³/mol. The third kappa shape index (κ3) is 2.95. The first kappa shape index (κ1) is 14.6. The molecule has 3 rings (SSSR count). The molecule has 1 N–H and O–H groups in total. The van der Waals surface area contributed by atoms with E-state index in [9.17, 15) is 4.79 Å². The molecule has 0 aliphatic rings. The van der Waals surface area contributed by atoms with Crippen molar-refractivity contribution in [3.8, 4) is 5.69 Å². The van der Waals surface area contributed by atoms with E-state index in [-0.39, 0.29) is 22.5 Å². The molecule has 112 valence electrons. The highest BCUT2D eigenvalue weighted by Crippen LogP contribution is 2.22. The highest BCUT2D eigenvalue weighted by molar-refractivity contribution is 6.41. The Bertz CT molecular complexity index is 780. The van der Waals surface area contributed by atoms with Gasteiger partial charge in [0.2, 0.25) is 0 Å². The fraction of sp³-hybridized carbons (Fsp3) is 0.0769. The lowest BCUT2D eigenvalue weighted by Gasteiger charge is -2.05. The number of hydrogen-bond donors (Lipinski definition) is 1. The van der Waals surface area contributed by atoms with E-state index in [4.69, 9.17) is 27.9 Å². The lowest BCUT2D eigenvalue weighted by atomic mass is 10.3. The number of nitrogens with one attached hydrogen (secondary N) is 1. The summed E-state index contributed by atoms with van der Waals surface area (Å²) >= 11 is 11.5. The molecule has 0 unspecified atom stereocenters. The standard InChI is InChI=1S/C13H9Cl2N5O2/c14-9-6-10(16-12(9)15)13(21)22-7-11-17-18-19-20(11)8-4-2-1-3-5-8/h1-6,16H,7H2. The normalized spacial score (nSPS) is 10.6. The predicted octanol–water partition coefficient (Wildman–Crippen LogP) is 2.65. The van der Waals surface area contributed by atoms with Crippen molar-refractivity contribution in [2.75, 3.05) is 0 Å². The van der Waals surface area contributed by atoms with Crippen LogP contribution >= 0.6 is 23.2 Å². The van der Waals surface area contributed by atoms with Crippen LogP contribution in [-0.4, -0.2) is 31.2 Å². The number of aromatic amines is 1. The Hall–Kier alpha value is -2.38. The third-order valence-electron chi connectivity index (χ3n) is 2.81. The van der Waals surface area contributed by atoms with Gasteiger partial charge in [-0.3, -0.25) is 0 Å². The zero-order valence-corrected chi connectivity index (χ0v) is 12.5. The summed E-state index contributed by atoms with van der Waals surface area (Å²) in [4.78, 5) is 14.5. The summed E-state index contributed by atoms with van der Waals surface area (Å²) in [6.07, 6.45) is 0. The topological polar surface area (TPSA) is 85.7 Å². The summed E-state index contributed by atoms with van der Waals surface area (Å²) in [5.74, 6) is -0.209. The van der Waals surface area contributed by atoms with Gasteiger partial charge in [0.1, 0.15) is 10.8 Å². The molecule has 0 saturated carbocycles. The highest BCUT2D eigenvalue weighted by Gasteiger charge is 2.15. The van der Waals surface area contributed by atoms with Gasteiger partial charge < -0.3 is 9.72 Å². The van der Waals surface area contributed by atoms with Crippen molar-refractivity contribution in [2.45, 2.75) is 6.61 Å². The molecule has 9 heteroatoms. The molecule has 0 spiro atoms. The number of tetrazole rings is 1. The molecular weight excluding hydrogens is 329 g/mol. The Morgan fingerprint density at radius 1 is 1.27 bits per heavy atom. The summed E-state index contributed by atoms with van der Waals surface area (Å²) in [5, 5.41) is 11.7. The van der Waals surface area contributed by atoms with Crippen LogP contribution in [0.5, 0.6) is 0 Å². The number of esters is 1. The molecule has 1 aromatic carbocycles. The first-order chi connectivity index (χ1) is 10.6. The third-order valence-corrected chi connectivity index (χ3v) is 3.51. The molecule has 0 fully saturated rings. The van der Waals surface area contributed by atoms with E-state index in [0.717, 1.165) is 5.69 Å². The van der Waals surface area contributed by atoms with Gasteiger partial charge in [0.15, 0.2) is 12.4 Å². The van der Waals surface area contributed by atoms with E-state index in [1.807, 2.05) is 30.3 Å². The van der Waals surface area contributed by atoms with Crippen molar-refractivity contribution in [3.63, 3.8) is 0 Å². The van der Waals surface area contributed by atoms with Gasteiger partial charge in [-0.15, -0.1) is 5.10 Å². The average molecular weight is 338 g/mol. The molecule has 0 radical (unpaired) electrons. The monoisotopic (exact) mass is 337 g/mol.